The van der Waals surface area contributed by atoms with Crippen LogP contribution in [0.5, 0.6) is 0 Å². The Bertz CT molecular complexity index is 1280. The quantitative estimate of drug-likeness (QED) is 0.261. The molecule has 0 spiro atoms. The van der Waals surface area contributed by atoms with Gasteiger partial charge in [-0.15, -0.1) is 0 Å². The largest absolute Gasteiger partial charge is 0.376 e. The molecule has 2 heterocycles. The number of aryl methyl sites for hydroxylation is 1. The highest BCUT2D eigenvalue weighted by atomic mass is 19.1. The fraction of sp³-hybridized carbons (Fsp3) is 0.457. The van der Waals surface area contributed by atoms with E-state index in [1.54, 1.807) is 13.0 Å². The average Bonchev–Trinajstić information content (AvgIpc) is 2.96. The number of hydrogen-bond donors (Lipinski definition) is 0. The summed E-state index contributed by atoms with van der Waals surface area (Å²) in [5.41, 5.74) is 4.99. The Labute approximate surface area is 245 Å². The summed E-state index contributed by atoms with van der Waals surface area (Å²) in [6.07, 6.45) is 14.1. The molecule has 4 rings (SSSR count). The molecule has 3 atom stereocenters. The number of aromatic nitrogens is 1. The number of nitrogens with zero attached hydrogens (tertiary/aromatic N) is 4. The van der Waals surface area contributed by atoms with Crippen molar-refractivity contribution in [2.75, 3.05) is 38.6 Å². The van der Waals surface area contributed by atoms with Crippen LogP contribution in [-0.4, -0.2) is 60.2 Å². The molecule has 0 N–H and O–H groups in total. The van der Waals surface area contributed by atoms with Crippen LogP contribution in [-0.2, 0) is 6.42 Å². The lowest BCUT2D eigenvalue weighted by atomic mass is 9.87. The van der Waals surface area contributed by atoms with E-state index in [0.29, 0.717) is 6.42 Å². The van der Waals surface area contributed by atoms with Gasteiger partial charge in [0.15, 0.2) is 0 Å². The molecule has 1 aromatic carbocycles. The predicted octanol–water partition coefficient (Wildman–Crippen LogP) is 7.91. The normalized spacial score (nSPS) is 22.4. The van der Waals surface area contributed by atoms with E-state index in [9.17, 15) is 8.78 Å². The number of benzene rings is 1. The van der Waals surface area contributed by atoms with E-state index in [-0.39, 0.29) is 17.9 Å². The number of halogens is 2. The Hall–Kier alpha value is -3.25. The molecule has 0 radical (unpaired) electrons. The summed E-state index contributed by atoms with van der Waals surface area (Å²) in [6.45, 7) is 12.5. The first-order valence-corrected chi connectivity index (χ1v) is 15.0. The van der Waals surface area contributed by atoms with Gasteiger partial charge in [-0.05, 0) is 67.3 Å². The van der Waals surface area contributed by atoms with Crippen LogP contribution in [0.4, 0.5) is 14.5 Å². The van der Waals surface area contributed by atoms with Gasteiger partial charge in [-0.1, -0.05) is 63.6 Å². The minimum Gasteiger partial charge on any atom is -0.376 e. The number of piperazine rings is 1. The molecule has 2 aliphatic rings. The van der Waals surface area contributed by atoms with E-state index < -0.39 is 5.67 Å². The van der Waals surface area contributed by atoms with Crippen LogP contribution in [0.15, 0.2) is 78.9 Å². The lowest BCUT2D eigenvalue weighted by Gasteiger charge is -2.47. The second-order valence-corrected chi connectivity index (χ2v) is 11.7. The molecule has 1 aromatic heterocycles. The number of anilines is 1. The predicted molar refractivity (Wildman–Crippen MR) is 168 cm³/mol. The van der Waals surface area contributed by atoms with Crippen LogP contribution in [0.1, 0.15) is 69.4 Å². The van der Waals surface area contributed by atoms with E-state index in [1.807, 2.05) is 30.4 Å². The lowest BCUT2D eigenvalue weighted by Crippen LogP contribution is -2.54. The van der Waals surface area contributed by atoms with Gasteiger partial charge in [0.25, 0.3) is 0 Å². The van der Waals surface area contributed by atoms with Gasteiger partial charge in [-0.3, -0.25) is 4.90 Å². The molecule has 1 fully saturated rings. The van der Waals surface area contributed by atoms with Gasteiger partial charge in [0.1, 0.15) is 17.2 Å². The molecule has 3 unspecified atom stereocenters. The first kappa shape index (κ1) is 30.7. The van der Waals surface area contributed by atoms with Gasteiger partial charge in [0.05, 0.1) is 17.4 Å². The van der Waals surface area contributed by atoms with Crippen molar-refractivity contribution in [3.05, 3.63) is 102 Å². The third-order valence-electron chi connectivity index (χ3n) is 8.25. The molecule has 220 valence electrons. The Balaban J connectivity index is 1.72. The third-order valence-corrected chi connectivity index (χ3v) is 8.25. The van der Waals surface area contributed by atoms with Gasteiger partial charge in [-0.25, -0.2) is 13.8 Å². The summed E-state index contributed by atoms with van der Waals surface area (Å²) >= 11 is 0. The van der Waals surface area contributed by atoms with Crippen molar-refractivity contribution in [1.82, 2.24) is 14.8 Å². The Morgan fingerprint density at radius 1 is 1.17 bits per heavy atom. The Morgan fingerprint density at radius 2 is 1.93 bits per heavy atom. The number of rotatable bonds is 11. The maximum absolute atomic E-state index is 14.7. The monoisotopic (exact) mass is 560 g/mol. The highest BCUT2D eigenvalue weighted by Gasteiger charge is 2.36. The molecule has 1 saturated heterocycles. The number of allylic oxidation sites excluding steroid dienone is 4. The topological polar surface area (TPSA) is 22.6 Å². The maximum Gasteiger partial charge on any atom is 0.130 e. The van der Waals surface area contributed by atoms with Crippen LogP contribution >= 0.6 is 0 Å². The summed E-state index contributed by atoms with van der Waals surface area (Å²) in [7, 11) is 4.11. The number of unbranched alkanes of at least 4 members (excludes halogenated alkanes) is 1. The molecular formula is C35H46F2N4. The fourth-order valence-electron chi connectivity index (χ4n) is 5.96. The molecule has 1 aliphatic heterocycles. The van der Waals surface area contributed by atoms with Gasteiger partial charge in [0, 0.05) is 51.9 Å². The van der Waals surface area contributed by atoms with Crippen molar-refractivity contribution in [3.8, 4) is 0 Å². The zero-order valence-electron chi connectivity index (χ0n) is 25.4. The van der Waals surface area contributed by atoms with Crippen LogP contribution < -0.4 is 4.90 Å². The van der Waals surface area contributed by atoms with E-state index in [2.05, 4.69) is 67.4 Å². The minimum atomic E-state index is -1.34. The minimum absolute atomic E-state index is 0.0716. The molecule has 6 heteroatoms. The summed E-state index contributed by atoms with van der Waals surface area (Å²) in [5.74, 6) is -0.248. The zero-order chi connectivity index (χ0) is 29.6. The van der Waals surface area contributed by atoms with Crippen molar-refractivity contribution in [2.24, 2.45) is 0 Å². The second kappa shape index (κ2) is 13.6. The molecule has 1 aliphatic carbocycles. The summed E-state index contributed by atoms with van der Waals surface area (Å²) < 4.78 is 28.7. The number of alkyl halides is 1. The standard InChI is InChI=1S/C35H46F2N4/c1-7-10-12-30-25-40(32(11-8-2)33-31(39(5)6)18-17-29(9-3)38-33)23-24-41(30)34(26-13-15-28(36)16-14-26)27-19-21-35(4,37)22-20-27/h8,11,13-21,30,34H,2,7,9-10,12,22-25H2,1,3-6H3/b32-11+. The average molecular weight is 561 g/mol. The molecule has 41 heavy (non-hydrogen) atoms. The van der Waals surface area contributed by atoms with Crippen molar-refractivity contribution < 1.29 is 8.78 Å². The first-order chi connectivity index (χ1) is 19.7. The Kier molecular flexibility index (Phi) is 10.2. The van der Waals surface area contributed by atoms with E-state index >= 15 is 0 Å². The summed E-state index contributed by atoms with van der Waals surface area (Å²) in [5, 5.41) is 0. The smallest absolute Gasteiger partial charge is 0.130 e. The van der Waals surface area contributed by atoms with Gasteiger partial charge >= 0.3 is 0 Å². The van der Waals surface area contributed by atoms with Crippen LogP contribution in [0.3, 0.4) is 0 Å². The molecule has 2 aromatic rings. The van der Waals surface area contributed by atoms with E-state index in [1.165, 1.54) is 12.1 Å². The van der Waals surface area contributed by atoms with Crippen LogP contribution in [0, 0.1) is 5.82 Å². The molecular weight excluding hydrogens is 514 g/mol. The molecule has 0 saturated carbocycles. The zero-order valence-corrected chi connectivity index (χ0v) is 25.4. The second-order valence-electron chi connectivity index (χ2n) is 11.7. The molecule has 0 bridgehead atoms. The van der Waals surface area contributed by atoms with Crippen molar-refractivity contribution in [1.29, 1.82) is 0 Å². The van der Waals surface area contributed by atoms with Crippen LogP contribution in [0.25, 0.3) is 5.70 Å². The highest BCUT2D eigenvalue weighted by Crippen LogP contribution is 2.39. The van der Waals surface area contributed by atoms with E-state index in [0.717, 1.165) is 79.2 Å². The maximum atomic E-state index is 14.7. The van der Waals surface area contributed by atoms with E-state index in [4.69, 9.17) is 4.98 Å². The number of hydrogen-bond acceptors (Lipinski definition) is 4. The van der Waals surface area contributed by atoms with Crippen LogP contribution in [0.2, 0.25) is 0 Å². The summed E-state index contributed by atoms with van der Waals surface area (Å²) in [6, 6.07) is 11.3. The lowest BCUT2D eigenvalue weighted by molar-refractivity contribution is 0.0716. The van der Waals surface area contributed by atoms with Crippen molar-refractivity contribution >= 4 is 11.4 Å². The summed E-state index contributed by atoms with van der Waals surface area (Å²) in [4.78, 5) is 12.2. The molecule has 0 amide bonds. The number of pyridine rings is 1. The van der Waals surface area contributed by atoms with Gasteiger partial charge < -0.3 is 9.80 Å². The van der Waals surface area contributed by atoms with Gasteiger partial charge in [-0.2, -0.15) is 0 Å². The van der Waals surface area contributed by atoms with Crippen molar-refractivity contribution in [2.45, 2.75) is 70.6 Å². The first-order valence-electron chi connectivity index (χ1n) is 15.0. The highest BCUT2D eigenvalue weighted by molar-refractivity contribution is 5.74. The van der Waals surface area contributed by atoms with Crippen molar-refractivity contribution in [3.63, 3.8) is 0 Å². The molecule has 4 nitrogen and oxygen atoms in total. The SMILES string of the molecule is C=C/C=C(\c1nc(CC)ccc1N(C)C)N1CCN(C(C2=CCC(C)(F)C=C2)c2ccc(F)cc2)C(CCCC)C1. The third kappa shape index (κ3) is 7.34. The Morgan fingerprint density at radius 3 is 2.54 bits per heavy atom. The van der Waals surface area contributed by atoms with Gasteiger partial charge in [0.2, 0.25) is 0 Å². The fourth-order valence-corrected chi connectivity index (χ4v) is 5.96.